The molecule has 0 spiro atoms. The molecule has 9 nitrogen and oxygen atoms in total. The maximum Gasteiger partial charge on any atom is 0.309 e. The van der Waals surface area contributed by atoms with Crippen molar-refractivity contribution in [3.8, 4) is 0 Å². The first kappa shape index (κ1) is 23.1. The van der Waals surface area contributed by atoms with Crippen molar-refractivity contribution in [1.82, 2.24) is 15.1 Å². The van der Waals surface area contributed by atoms with Crippen molar-refractivity contribution in [3.63, 3.8) is 0 Å². The summed E-state index contributed by atoms with van der Waals surface area (Å²) in [5, 5.41) is 2.75. The van der Waals surface area contributed by atoms with Crippen LogP contribution in [0.4, 0.5) is 0 Å². The summed E-state index contributed by atoms with van der Waals surface area (Å²) < 4.78 is 10.3. The van der Waals surface area contributed by atoms with Crippen molar-refractivity contribution in [1.29, 1.82) is 0 Å². The maximum atomic E-state index is 12.7. The molecule has 1 N–H and O–H groups in total. The molecule has 29 heavy (non-hydrogen) atoms. The lowest BCUT2D eigenvalue weighted by atomic mass is 9.97. The first-order chi connectivity index (χ1) is 13.8. The van der Waals surface area contributed by atoms with Gasteiger partial charge in [0.1, 0.15) is 6.04 Å². The van der Waals surface area contributed by atoms with E-state index in [0.29, 0.717) is 52.2 Å². The van der Waals surface area contributed by atoms with E-state index in [1.54, 1.807) is 16.7 Å². The van der Waals surface area contributed by atoms with Gasteiger partial charge in [-0.2, -0.15) is 0 Å². The monoisotopic (exact) mass is 411 g/mol. The fourth-order valence-corrected chi connectivity index (χ4v) is 3.55. The van der Waals surface area contributed by atoms with Gasteiger partial charge in [0, 0.05) is 26.2 Å². The Kier molecular flexibility index (Phi) is 8.88. The van der Waals surface area contributed by atoms with Gasteiger partial charge in [-0.1, -0.05) is 13.8 Å². The second kappa shape index (κ2) is 11.1. The van der Waals surface area contributed by atoms with E-state index in [1.165, 1.54) is 0 Å². The molecule has 2 rings (SSSR count). The van der Waals surface area contributed by atoms with Crippen LogP contribution in [0, 0.1) is 11.8 Å². The highest BCUT2D eigenvalue weighted by Crippen LogP contribution is 2.19. The molecule has 2 fully saturated rings. The van der Waals surface area contributed by atoms with E-state index in [2.05, 4.69) is 5.32 Å². The Hall–Kier alpha value is -2.16. The molecule has 164 valence electrons. The summed E-state index contributed by atoms with van der Waals surface area (Å²) in [4.78, 5) is 52.4. The number of piperazine rings is 1. The van der Waals surface area contributed by atoms with Crippen LogP contribution in [0.3, 0.4) is 0 Å². The molecule has 9 heteroatoms. The predicted molar refractivity (Wildman–Crippen MR) is 105 cm³/mol. The number of nitrogens with zero attached hydrogens (tertiary/aromatic N) is 2. The van der Waals surface area contributed by atoms with E-state index >= 15 is 0 Å². The van der Waals surface area contributed by atoms with Crippen LogP contribution in [0.2, 0.25) is 0 Å². The minimum absolute atomic E-state index is 0.0691. The summed E-state index contributed by atoms with van der Waals surface area (Å²) in [7, 11) is 0. The van der Waals surface area contributed by atoms with Gasteiger partial charge in [0.05, 0.1) is 32.1 Å². The van der Waals surface area contributed by atoms with Gasteiger partial charge in [-0.3, -0.25) is 24.1 Å². The zero-order valence-electron chi connectivity index (χ0n) is 17.6. The molecule has 0 aliphatic carbocycles. The van der Waals surface area contributed by atoms with Crippen molar-refractivity contribution in [2.75, 3.05) is 45.9 Å². The third-order valence-electron chi connectivity index (χ3n) is 5.19. The topological polar surface area (TPSA) is 105 Å². The number of carbonyl (C=O) groups is 4. The maximum absolute atomic E-state index is 12.7. The van der Waals surface area contributed by atoms with Gasteiger partial charge in [-0.15, -0.1) is 0 Å². The standard InChI is InChI=1S/C20H33N3O6/c1-4-28-20(27)15-5-8-22(9-6-15)17(24)12-23-10-7-21-19(26)16(23)11-18(25)29-13-14(2)3/h14-16H,4-13H2,1-3H3,(H,21,26). The van der Waals surface area contributed by atoms with Gasteiger partial charge in [-0.25, -0.2) is 0 Å². The SMILES string of the molecule is CCOC(=O)C1CCN(C(=O)CN2CCNC(=O)C2CC(=O)OCC(C)C)CC1. The second-order valence-corrected chi connectivity index (χ2v) is 7.97. The Morgan fingerprint density at radius 1 is 1.14 bits per heavy atom. The van der Waals surface area contributed by atoms with Crippen LogP contribution >= 0.6 is 0 Å². The van der Waals surface area contributed by atoms with Crippen LogP contribution in [0.25, 0.3) is 0 Å². The van der Waals surface area contributed by atoms with Crippen molar-refractivity contribution in [2.24, 2.45) is 11.8 Å². The van der Waals surface area contributed by atoms with E-state index in [0.717, 1.165) is 0 Å². The molecule has 2 amide bonds. The predicted octanol–water partition coefficient (Wildman–Crippen LogP) is 0.178. The van der Waals surface area contributed by atoms with Crippen LogP contribution < -0.4 is 5.32 Å². The van der Waals surface area contributed by atoms with Crippen molar-refractivity contribution >= 4 is 23.8 Å². The molecule has 0 aromatic rings. The van der Waals surface area contributed by atoms with Gasteiger partial charge in [0.15, 0.2) is 0 Å². The van der Waals surface area contributed by atoms with E-state index in [4.69, 9.17) is 9.47 Å². The molecule has 0 saturated carbocycles. The zero-order chi connectivity index (χ0) is 21.4. The molecule has 0 aromatic carbocycles. The number of likely N-dealkylation sites (tertiary alicyclic amines) is 1. The number of esters is 2. The number of amides is 2. The molecule has 1 atom stereocenters. The summed E-state index contributed by atoms with van der Waals surface area (Å²) in [5.41, 5.74) is 0. The molecule has 0 radical (unpaired) electrons. The Bertz CT molecular complexity index is 601. The first-order valence-corrected chi connectivity index (χ1v) is 10.4. The van der Waals surface area contributed by atoms with Gasteiger partial charge >= 0.3 is 11.9 Å². The van der Waals surface area contributed by atoms with Crippen LogP contribution in [-0.2, 0) is 28.7 Å². The van der Waals surface area contributed by atoms with E-state index in [-0.39, 0.29) is 42.6 Å². The second-order valence-electron chi connectivity index (χ2n) is 7.97. The van der Waals surface area contributed by atoms with Crippen LogP contribution in [0.1, 0.15) is 40.0 Å². The minimum Gasteiger partial charge on any atom is -0.466 e. The van der Waals surface area contributed by atoms with Crippen LogP contribution in [0.15, 0.2) is 0 Å². The number of hydrogen-bond acceptors (Lipinski definition) is 7. The lowest BCUT2D eigenvalue weighted by Gasteiger charge is -2.37. The van der Waals surface area contributed by atoms with Gasteiger partial charge < -0.3 is 19.7 Å². The highest BCUT2D eigenvalue weighted by molar-refractivity contribution is 5.88. The third-order valence-corrected chi connectivity index (χ3v) is 5.19. The van der Waals surface area contributed by atoms with E-state index in [1.807, 2.05) is 13.8 Å². The summed E-state index contributed by atoms with van der Waals surface area (Å²) in [5.74, 6) is -0.938. The summed E-state index contributed by atoms with van der Waals surface area (Å²) in [6, 6.07) is -0.704. The molecular weight excluding hydrogens is 378 g/mol. The lowest BCUT2D eigenvalue weighted by molar-refractivity contribution is -0.152. The number of nitrogens with one attached hydrogen (secondary N) is 1. The van der Waals surface area contributed by atoms with E-state index in [9.17, 15) is 19.2 Å². The summed E-state index contributed by atoms with van der Waals surface area (Å²) >= 11 is 0. The highest BCUT2D eigenvalue weighted by atomic mass is 16.5. The van der Waals surface area contributed by atoms with Crippen molar-refractivity contribution in [3.05, 3.63) is 0 Å². The van der Waals surface area contributed by atoms with Gasteiger partial charge in [0.2, 0.25) is 11.8 Å². The fourth-order valence-electron chi connectivity index (χ4n) is 3.55. The van der Waals surface area contributed by atoms with Crippen molar-refractivity contribution < 1.29 is 28.7 Å². The minimum atomic E-state index is -0.704. The quantitative estimate of drug-likeness (QED) is 0.568. The molecule has 2 heterocycles. The smallest absolute Gasteiger partial charge is 0.309 e. The Labute approximate surface area is 172 Å². The zero-order valence-corrected chi connectivity index (χ0v) is 17.6. The number of hydrogen-bond donors (Lipinski definition) is 1. The molecule has 2 aliphatic heterocycles. The van der Waals surface area contributed by atoms with Gasteiger partial charge in [0.25, 0.3) is 0 Å². The molecule has 0 aromatic heterocycles. The first-order valence-electron chi connectivity index (χ1n) is 10.4. The Morgan fingerprint density at radius 3 is 2.45 bits per heavy atom. The van der Waals surface area contributed by atoms with Gasteiger partial charge in [-0.05, 0) is 25.7 Å². The molecule has 1 unspecified atom stereocenters. The highest BCUT2D eigenvalue weighted by Gasteiger charge is 2.35. The lowest BCUT2D eigenvalue weighted by Crippen LogP contribution is -2.58. The number of ether oxygens (including phenoxy) is 2. The number of piperidine rings is 1. The normalized spacial score (nSPS) is 21.0. The van der Waals surface area contributed by atoms with Crippen molar-refractivity contribution in [2.45, 2.75) is 46.1 Å². The number of rotatable bonds is 8. The summed E-state index contributed by atoms with van der Waals surface area (Å²) in [6.07, 6.45) is 1.09. The average Bonchev–Trinajstić information content (AvgIpc) is 2.69. The largest absolute Gasteiger partial charge is 0.466 e. The molecule has 2 aliphatic rings. The average molecular weight is 411 g/mol. The molecular formula is C20H33N3O6. The number of carbonyl (C=O) groups excluding carboxylic acids is 4. The Morgan fingerprint density at radius 2 is 1.83 bits per heavy atom. The molecule has 0 bridgehead atoms. The van der Waals surface area contributed by atoms with Crippen LogP contribution in [0.5, 0.6) is 0 Å². The van der Waals surface area contributed by atoms with E-state index < -0.39 is 12.0 Å². The fraction of sp³-hybridized carbons (Fsp3) is 0.800. The van der Waals surface area contributed by atoms with Crippen LogP contribution in [-0.4, -0.2) is 85.5 Å². The third kappa shape index (κ3) is 6.99. The summed E-state index contributed by atoms with van der Waals surface area (Å²) in [6.45, 7) is 8.31. The molecule has 2 saturated heterocycles. The Balaban J connectivity index is 1.87.